The molecule has 6 nitrogen and oxygen atoms in total. The van der Waals surface area contributed by atoms with Crippen LogP contribution in [0.25, 0.3) is 0 Å². The van der Waals surface area contributed by atoms with Crippen LogP contribution >= 0.6 is 0 Å². The predicted octanol–water partition coefficient (Wildman–Crippen LogP) is 5.17. The lowest BCUT2D eigenvalue weighted by Crippen LogP contribution is -2.38. The molecule has 1 saturated heterocycles. The summed E-state index contributed by atoms with van der Waals surface area (Å²) in [6.45, 7) is 4.68. The molecular formula is C32H40N4O2. The molecule has 1 heterocycles. The zero-order chi connectivity index (χ0) is 26.6. The van der Waals surface area contributed by atoms with Crippen molar-refractivity contribution in [2.45, 2.75) is 57.5 Å². The molecule has 3 aliphatic rings. The van der Waals surface area contributed by atoms with Crippen molar-refractivity contribution in [1.82, 2.24) is 16.0 Å². The molecule has 1 amide bonds. The lowest BCUT2D eigenvalue weighted by molar-refractivity contribution is -0.123. The van der Waals surface area contributed by atoms with Crippen molar-refractivity contribution in [3.63, 3.8) is 0 Å². The van der Waals surface area contributed by atoms with Gasteiger partial charge in [0, 0.05) is 38.0 Å². The Hall–Kier alpha value is -3.40. The molecule has 3 N–H and O–H groups in total. The van der Waals surface area contributed by atoms with Gasteiger partial charge in [0.2, 0.25) is 5.91 Å². The zero-order valence-electron chi connectivity index (χ0n) is 22.4. The molecular weight excluding hydrogens is 472 g/mol. The smallest absolute Gasteiger partial charge is 0.241 e. The van der Waals surface area contributed by atoms with Gasteiger partial charge in [0.25, 0.3) is 0 Å². The standard InChI is InChI=1S/C32H40N4O2/c1-32(24-33)18-13-26(14-19-32)15-21-34-30(27-6-3-2-4-7-27)31(37)35-20-5-8-28(12-11-25-9-10-25)36-29-16-22-38-23-17-29/h2-9,12-14,18,29-30,34,36H,10-11,15-17,19-23H2,1H3,(H,35,37)/b8-5-,28-12+. The SMILES string of the molecule is CC1(C#N)C=CC(CCNC(C(=O)NC/C=C\C(=C/CC2=CC2)NC2CCOCC2)c2ccccc2)=CC1. The molecule has 1 fully saturated rings. The first-order valence-electron chi connectivity index (χ1n) is 13.8. The third kappa shape index (κ3) is 8.86. The van der Waals surface area contributed by atoms with Crippen molar-refractivity contribution in [3.8, 4) is 6.07 Å². The molecule has 2 aliphatic carbocycles. The summed E-state index contributed by atoms with van der Waals surface area (Å²) in [7, 11) is 0. The number of carbonyl (C=O) groups excluding carboxylic acids is 1. The number of nitrogens with zero attached hydrogens (tertiary/aromatic N) is 1. The summed E-state index contributed by atoms with van der Waals surface area (Å²) in [6, 6.07) is 12.2. The van der Waals surface area contributed by atoms with Crippen molar-refractivity contribution < 1.29 is 9.53 Å². The van der Waals surface area contributed by atoms with E-state index in [0.717, 1.165) is 63.0 Å². The number of benzene rings is 1. The first-order chi connectivity index (χ1) is 18.5. The van der Waals surface area contributed by atoms with E-state index in [0.29, 0.717) is 19.1 Å². The Bertz CT molecular complexity index is 1140. The van der Waals surface area contributed by atoms with Crippen LogP contribution in [0.3, 0.4) is 0 Å². The number of rotatable bonds is 13. The zero-order valence-corrected chi connectivity index (χ0v) is 22.4. The van der Waals surface area contributed by atoms with Crippen LogP contribution in [-0.4, -0.2) is 38.3 Å². The lowest BCUT2D eigenvalue weighted by Gasteiger charge is -2.24. The van der Waals surface area contributed by atoms with Gasteiger partial charge in [0.15, 0.2) is 0 Å². The van der Waals surface area contributed by atoms with E-state index in [2.05, 4.69) is 46.3 Å². The van der Waals surface area contributed by atoms with Crippen LogP contribution in [-0.2, 0) is 9.53 Å². The molecule has 0 aromatic heterocycles. The Morgan fingerprint density at radius 1 is 1.24 bits per heavy atom. The van der Waals surface area contributed by atoms with E-state index in [4.69, 9.17) is 4.74 Å². The Balaban J connectivity index is 1.30. The number of ether oxygens (including phenoxy) is 1. The molecule has 0 bridgehead atoms. The molecule has 0 saturated carbocycles. The molecule has 2 atom stereocenters. The van der Waals surface area contributed by atoms with E-state index in [1.165, 1.54) is 11.1 Å². The van der Waals surface area contributed by atoms with E-state index < -0.39 is 11.5 Å². The van der Waals surface area contributed by atoms with E-state index in [1.54, 1.807) is 0 Å². The maximum absolute atomic E-state index is 13.2. The molecule has 200 valence electrons. The summed E-state index contributed by atoms with van der Waals surface area (Å²) in [4.78, 5) is 13.2. The van der Waals surface area contributed by atoms with Crippen LogP contribution in [0.2, 0.25) is 0 Å². The first-order valence-corrected chi connectivity index (χ1v) is 13.8. The molecule has 0 radical (unpaired) electrons. The summed E-state index contributed by atoms with van der Waals surface area (Å²) < 4.78 is 5.49. The number of amides is 1. The van der Waals surface area contributed by atoms with Gasteiger partial charge >= 0.3 is 0 Å². The minimum atomic E-state index is -0.431. The molecule has 1 aliphatic heterocycles. The van der Waals surface area contributed by atoms with E-state index in [1.807, 2.05) is 55.5 Å². The number of allylic oxidation sites excluding steroid dienone is 7. The Labute approximate surface area is 227 Å². The quantitative estimate of drug-likeness (QED) is 0.251. The van der Waals surface area contributed by atoms with Gasteiger partial charge in [-0.2, -0.15) is 5.26 Å². The van der Waals surface area contributed by atoms with Crippen LogP contribution < -0.4 is 16.0 Å². The topological polar surface area (TPSA) is 86.2 Å². The van der Waals surface area contributed by atoms with E-state index in [9.17, 15) is 10.1 Å². The third-order valence-corrected chi connectivity index (χ3v) is 7.23. The van der Waals surface area contributed by atoms with Gasteiger partial charge in [-0.25, -0.2) is 0 Å². The summed E-state index contributed by atoms with van der Waals surface area (Å²) in [6.07, 6.45) is 20.4. The van der Waals surface area contributed by atoms with Gasteiger partial charge in [0.05, 0.1) is 11.5 Å². The number of carbonyl (C=O) groups is 1. The molecule has 0 spiro atoms. The highest BCUT2D eigenvalue weighted by atomic mass is 16.5. The van der Waals surface area contributed by atoms with Gasteiger partial charge in [0.1, 0.15) is 6.04 Å². The summed E-state index contributed by atoms with van der Waals surface area (Å²) in [5, 5.41) is 19.5. The highest BCUT2D eigenvalue weighted by Gasteiger charge is 2.22. The van der Waals surface area contributed by atoms with Crippen molar-refractivity contribution in [3.05, 3.63) is 95.3 Å². The molecule has 38 heavy (non-hydrogen) atoms. The van der Waals surface area contributed by atoms with Crippen LogP contribution in [0.5, 0.6) is 0 Å². The molecule has 6 heteroatoms. The Kier molecular flexibility index (Phi) is 10.1. The third-order valence-electron chi connectivity index (χ3n) is 7.23. The second-order valence-electron chi connectivity index (χ2n) is 10.5. The van der Waals surface area contributed by atoms with Gasteiger partial charge in [-0.15, -0.1) is 0 Å². The second-order valence-corrected chi connectivity index (χ2v) is 10.5. The maximum Gasteiger partial charge on any atom is 0.241 e. The fourth-order valence-corrected chi connectivity index (χ4v) is 4.59. The summed E-state index contributed by atoms with van der Waals surface area (Å²) >= 11 is 0. The first kappa shape index (κ1) is 27.6. The molecule has 1 aromatic carbocycles. The van der Waals surface area contributed by atoms with Crippen LogP contribution in [0.1, 0.15) is 57.1 Å². The number of hydrogen-bond donors (Lipinski definition) is 3. The van der Waals surface area contributed by atoms with Gasteiger partial charge in [-0.1, -0.05) is 77.9 Å². The Morgan fingerprint density at radius 2 is 2.03 bits per heavy atom. The molecule has 4 rings (SSSR count). The summed E-state index contributed by atoms with van der Waals surface area (Å²) in [5.74, 6) is -0.0443. The van der Waals surface area contributed by atoms with E-state index in [-0.39, 0.29) is 5.91 Å². The largest absolute Gasteiger partial charge is 0.382 e. The molecule has 1 aromatic rings. The van der Waals surface area contributed by atoms with Crippen LogP contribution in [0, 0.1) is 16.7 Å². The maximum atomic E-state index is 13.2. The minimum Gasteiger partial charge on any atom is -0.382 e. The minimum absolute atomic E-state index is 0.0443. The second kappa shape index (κ2) is 13.9. The molecule has 2 unspecified atom stereocenters. The van der Waals surface area contributed by atoms with E-state index >= 15 is 0 Å². The van der Waals surface area contributed by atoms with Gasteiger partial charge in [-0.05, 0) is 57.1 Å². The number of nitrogens with one attached hydrogen (secondary N) is 3. The van der Waals surface area contributed by atoms with Gasteiger partial charge < -0.3 is 20.7 Å². The fourth-order valence-electron chi connectivity index (χ4n) is 4.59. The van der Waals surface area contributed by atoms with Gasteiger partial charge in [-0.3, -0.25) is 4.79 Å². The highest BCUT2D eigenvalue weighted by Crippen LogP contribution is 2.29. The van der Waals surface area contributed by atoms with Crippen molar-refractivity contribution in [2.24, 2.45) is 5.41 Å². The normalized spacial score (nSPS) is 22.4. The average molecular weight is 513 g/mol. The average Bonchev–Trinajstić information content (AvgIpc) is 3.79. The van der Waals surface area contributed by atoms with Crippen molar-refractivity contribution in [1.29, 1.82) is 5.26 Å². The highest BCUT2D eigenvalue weighted by molar-refractivity contribution is 5.83. The Morgan fingerprint density at radius 3 is 2.71 bits per heavy atom. The van der Waals surface area contributed by atoms with Crippen LogP contribution in [0.15, 0.2) is 89.7 Å². The number of hydrogen-bond acceptors (Lipinski definition) is 5. The van der Waals surface area contributed by atoms with Crippen molar-refractivity contribution in [2.75, 3.05) is 26.3 Å². The fraction of sp³-hybridized carbons (Fsp3) is 0.438. The monoisotopic (exact) mass is 512 g/mol. The van der Waals surface area contributed by atoms with Crippen LogP contribution in [0.4, 0.5) is 0 Å². The van der Waals surface area contributed by atoms with Crippen molar-refractivity contribution >= 4 is 5.91 Å². The lowest BCUT2D eigenvalue weighted by atomic mass is 9.83. The predicted molar refractivity (Wildman–Crippen MR) is 152 cm³/mol. The number of nitriles is 1. The summed E-state index contributed by atoms with van der Waals surface area (Å²) in [5.41, 5.74) is 4.31.